The zero-order valence-electron chi connectivity index (χ0n) is 15.8. The van der Waals surface area contributed by atoms with Crippen LogP contribution in [0, 0.1) is 11.3 Å². The molecule has 0 atom stereocenters. The van der Waals surface area contributed by atoms with E-state index < -0.39 is 0 Å². The van der Waals surface area contributed by atoms with Gasteiger partial charge in [0.05, 0.1) is 11.3 Å². The number of anilines is 2. The number of nitrogens with zero attached hydrogens (tertiary/aromatic N) is 3. The number of hydrogen-bond acceptors (Lipinski definition) is 6. The van der Waals surface area contributed by atoms with Gasteiger partial charge in [-0.05, 0) is 29.0 Å². The molecule has 0 fully saturated rings. The van der Waals surface area contributed by atoms with Gasteiger partial charge in [0.2, 0.25) is 0 Å². The Kier molecular flexibility index (Phi) is 4.44. The number of aromatic nitrogens is 1. The van der Waals surface area contributed by atoms with Crippen molar-refractivity contribution in [2.75, 3.05) is 18.0 Å². The number of thiophene rings is 1. The minimum Gasteiger partial charge on any atom is -0.397 e. The van der Waals surface area contributed by atoms with Gasteiger partial charge in [-0.25, -0.2) is 4.98 Å². The van der Waals surface area contributed by atoms with Crippen LogP contribution in [0.3, 0.4) is 0 Å². The van der Waals surface area contributed by atoms with Crippen LogP contribution in [-0.4, -0.2) is 22.3 Å². The summed E-state index contributed by atoms with van der Waals surface area (Å²) < 4.78 is 0. The quantitative estimate of drug-likeness (QED) is 0.693. The second-order valence-corrected chi connectivity index (χ2v) is 8.32. The molecule has 142 valence electrons. The highest BCUT2D eigenvalue weighted by Crippen LogP contribution is 2.41. The first-order chi connectivity index (χ1) is 13.4. The number of carbonyl (C=O) groups excluding carboxylic acids is 1. The first kappa shape index (κ1) is 18.3. The Morgan fingerprint density at radius 2 is 2.00 bits per heavy atom. The highest BCUT2D eigenvalue weighted by Gasteiger charge is 2.28. The minimum absolute atomic E-state index is 0.0316. The van der Waals surface area contributed by atoms with E-state index in [-0.39, 0.29) is 17.6 Å². The Hall–Kier alpha value is -3.11. The van der Waals surface area contributed by atoms with Crippen LogP contribution in [0.5, 0.6) is 0 Å². The number of carbonyl (C=O) groups is 1. The maximum absolute atomic E-state index is 13.3. The average Bonchev–Trinajstić information content (AvgIpc) is 3.01. The summed E-state index contributed by atoms with van der Waals surface area (Å²) in [7, 11) is 0. The molecule has 1 aliphatic heterocycles. The van der Waals surface area contributed by atoms with Crippen molar-refractivity contribution < 1.29 is 4.79 Å². The molecular weight excluding hydrogens is 370 g/mol. The third kappa shape index (κ3) is 2.77. The predicted molar refractivity (Wildman–Crippen MR) is 112 cm³/mol. The molecule has 6 nitrogen and oxygen atoms in total. The molecule has 3 heterocycles. The lowest BCUT2D eigenvalue weighted by molar-refractivity contribution is 0.0740. The molecule has 2 aromatic heterocycles. The molecule has 1 aliphatic rings. The fourth-order valence-electron chi connectivity index (χ4n) is 3.87. The van der Waals surface area contributed by atoms with Gasteiger partial charge in [0.25, 0.3) is 5.91 Å². The smallest absolute Gasteiger partial charge is 0.266 e. The van der Waals surface area contributed by atoms with Crippen molar-refractivity contribution in [1.82, 2.24) is 9.88 Å². The fraction of sp³-hybridized carbons (Fsp3) is 0.286. The van der Waals surface area contributed by atoms with Crippen molar-refractivity contribution in [2.45, 2.75) is 32.7 Å². The summed E-state index contributed by atoms with van der Waals surface area (Å²) in [5.41, 5.74) is 16.4. The molecule has 0 unspecified atom stereocenters. The number of nitrogens with two attached hydrogens (primary N) is 2. The van der Waals surface area contributed by atoms with Gasteiger partial charge < -0.3 is 16.4 Å². The molecule has 28 heavy (non-hydrogen) atoms. The molecule has 4 rings (SSSR count). The molecule has 1 aromatic carbocycles. The zero-order chi connectivity index (χ0) is 20.0. The number of rotatable bonds is 2. The standard InChI is InChI=1S/C21H21N5OS/c1-11(2)15-14(9-22)19(24)25-20-16(15)17(23)18(28-20)21(27)26-8-7-12-5-3-4-6-13(12)10-26/h3-6,11H,7-8,10,23H2,1-2H3,(H2,24,25). The molecule has 1 amide bonds. The van der Waals surface area contributed by atoms with E-state index in [9.17, 15) is 10.1 Å². The lowest BCUT2D eigenvalue weighted by Gasteiger charge is -2.28. The molecule has 0 saturated heterocycles. The number of nitrogen functional groups attached to an aromatic ring is 2. The van der Waals surface area contributed by atoms with Gasteiger partial charge in [-0.3, -0.25) is 4.79 Å². The molecule has 0 aliphatic carbocycles. The average molecular weight is 392 g/mol. The van der Waals surface area contributed by atoms with Crippen LogP contribution in [0.1, 0.15) is 51.7 Å². The van der Waals surface area contributed by atoms with E-state index in [0.717, 1.165) is 12.0 Å². The van der Waals surface area contributed by atoms with Crippen LogP contribution in [-0.2, 0) is 13.0 Å². The summed E-state index contributed by atoms with van der Waals surface area (Å²) in [4.78, 5) is 20.5. The van der Waals surface area contributed by atoms with Crippen LogP contribution in [0.4, 0.5) is 11.5 Å². The Morgan fingerprint density at radius 1 is 1.29 bits per heavy atom. The molecular formula is C21H21N5OS. The number of hydrogen-bond donors (Lipinski definition) is 2. The van der Waals surface area contributed by atoms with Crippen LogP contribution >= 0.6 is 11.3 Å². The fourth-order valence-corrected chi connectivity index (χ4v) is 4.95. The largest absolute Gasteiger partial charge is 0.397 e. The maximum atomic E-state index is 13.3. The van der Waals surface area contributed by atoms with E-state index in [2.05, 4.69) is 23.2 Å². The molecule has 0 spiro atoms. The van der Waals surface area contributed by atoms with E-state index in [1.54, 1.807) is 0 Å². The number of nitriles is 1. The second-order valence-electron chi connectivity index (χ2n) is 7.32. The summed E-state index contributed by atoms with van der Waals surface area (Å²) in [5.74, 6) is 0.122. The monoisotopic (exact) mass is 391 g/mol. The Balaban J connectivity index is 1.80. The lowest BCUT2D eigenvalue weighted by Crippen LogP contribution is -2.35. The van der Waals surface area contributed by atoms with Gasteiger partial charge in [0.1, 0.15) is 21.6 Å². The van der Waals surface area contributed by atoms with Gasteiger partial charge >= 0.3 is 0 Å². The van der Waals surface area contributed by atoms with Crippen molar-refractivity contribution in [3.63, 3.8) is 0 Å². The van der Waals surface area contributed by atoms with E-state index >= 15 is 0 Å². The number of fused-ring (bicyclic) bond motifs is 2. The first-order valence-electron chi connectivity index (χ1n) is 9.19. The molecule has 0 saturated carbocycles. The highest BCUT2D eigenvalue weighted by molar-refractivity contribution is 7.21. The van der Waals surface area contributed by atoms with Gasteiger partial charge in [-0.15, -0.1) is 11.3 Å². The highest BCUT2D eigenvalue weighted by atomic mass is 32.1. The number of pyridine rings is 1. The van der Waals surface area contributed by atoms with Gasteiger partial charge in [0.15, 0.2) is 0 Å². The second kappa shape index (κ2) is 6.80. The van der Waals surface area contributed by atoms with Gasteiger partial charge in [-0.2, -0.15) is 5.26 Å². The molecule has 7 heteroatoms. The number of benzene rings is 1. The minimum atomic E-state index is -0.0956. The van der Waals surface area contributed by atoms with E-state index in [0.29, 0.717) is 39.4 Å². The van der Waals surface area contributed by atoms with Crippen LogP contribution in [0.15, 0.2) is 24.3 Å². The molecule has 3 aromatic rings. The van der Waals surface area contributed by atoms with Crippen molar-refractivity contribution in [3.05, 3.63) is 51.4 Å². The van der Waals surface area contributed by atoms with Gasteiger partial charge in [-0.1, -0.05) is 38.1 Å². The molecule has 0 bridgehead atoms. The van der Waals surface area contributed by atoms with Crippen molar-refractivity contribution in [2.24, 2.45) is 0 Å². The summed E-state index contributed by atoms with van der Waals surface area (Å²) in [6, 6.07) is 10.3. The van der Waals surface area contributed by atoms with Crippen LogP contribution < -0.4 is 11.5 Å². The van der Waals surface area contributed by atoms with Crippen molar-refractivity contribution in [3.8, 4) is 6.07 Å². The third-order valence-electron chi connectivity index (χ3n) is 5.24. The van der Waals surface area contributed by atoms with Crippen molar-refractivity contribution in [1.29, 1.82) is 5.26 Å². The SMILES string of the molecule is CC(C)c1c(C#N)c(N)nc2sc(C(=O)N3CCc4ccccc4C3)c(N)c12. The summed E-state index contributed by atoms with van der Waals surface area (Å²) in [6.45, 7) is 5.18. The normalized spacial score (nSPS) is 13.6. The van der Waals surface area contributed by atoms with Gasteiger partial charge in [0, 0.05) is 18.5 Å². The first-order valence-corrected chi connectivity index (χ1v) is 10.0. The predicted octanol–water partition coefficient (Wildman–Crippen LogP) is 3.65. The van der Waals surface area contributed by atoms with Crippen molar-refractivity contribution >= 4 is 39.0 Å². The summed E-state index contributed by atoms with van der Waals surface area (Å²) >= 11 is 1.26. The third-order valence-corrected chi connectivity index (χ3v) is 6.33. The zero-order valence-corrected chi connectivity index (χ0v) is 16.6. The summed E-state index contributed by atoms with van der Waals surface area (Å²) in [6.07, 6.45) is 0.827. The lowest BCUT2D eigenvalue weighted by atomic mass is 9.94. The Bertz CT molecular complexity index is 1140. The van der Waals surface area contributed by atoms with E-state index in [1.807, 2.05) is 30.9 Å². The van der Waals surface area contributed by atoms with E-state index in [1.165, 1.54) is 22.5 Å². The Morgan fingerprint density at radius 3 is 2.68 bits per heavy atom. The van der Waals surface area contributed by atoms with Crippen LogP contribution in [0.25, 0.3) is 10.2 Å². The van der Waals surface area contributed by atoms with Crippen LogP contribution in [0.2, 0.25) is 0 Å². The number of amides is 1. The Labute approximate surface area is 167 Å². The summed E-state index contributed by atoms with van der Waals surface area (Å²) in [5, 5.41) is 10.2. The topological polar surface area (TPSA) is 109 Å². The molecule has 0 radical (unpaired) electrons. The van der Waals surface area contributed by atoms with E-state index in [4.69, 9.17) is 11.5 Å². The maximum Gasteiger partial charge on any atom is 0.266 e. The molecule has 4 N–H and O–H groups in total.